The highest BCUT2D eigenvalue weighted by atomic mass is 16.1. The summed E-state index contributed by atoms with van der Waals surface area (Å²) in [6, 6.07) is 16.2. The summed E-state index contributed by atoms with van der Waals surface area (Å²) < 4.78 is 0. The number of nitrogens with zero attached hydrogens (tertiary/aromatic N) is 2. The molecule has 5 heteroatoms. The lowest BCUT2D eigenvalue weighted by Gasteiger charge is -2.09. The molecule has 1 heterocycles. The zero-order valence-electron chi connectivity index (χ0n) is 15.9. The van der Waals surface area contributed by atoms with Crippen LogP contribution in [0.15, 0.2) is 60.9 Å². The highest BCUT2D eigenvalue weighted by Crippen LogP contribution is 2.19. The second-order valence-corrected chi connectivity index (χ2v) is 6.86. The number of anilines is 2. The summed E-state index contributed by atoms with van der Waals surface area (Å²) in [5.74, 6) is 0.857. The number of nitrogens with one attached hydrogen (secondary N) is 2. The van der Waals surface area contributed by atoms with Crippen molar-refractivity contribution in [2.75, 3.05) is 5.32 Å². The van der Waals surface area contributed by atoms with Crippen molar-refractivity contribution in [3.8, 4) is 0 Å². The summed E-state index contributed by atoms with van der Waals surface area (Å²) in [5, 5.41) is 6.06. The average Bonchev–Trinajstić information content (AvgIpc) is 2.67. The molecule has 0 saturated carbocycles. The molecule has 0 unspecified atom stereocenters. The molecular weight excluding hydrogens is 336 g/mol. The van der Waals surface area contributed by atoms with Crippen molar-refractivity contribution >= 4 is 17.4 Å². The molecule has 0 aliphatic carbocycles. The van der Waals surface area contributed by atoms with Gasteiger partial charge in [-0.15, -0.1) is 0 Å². The lowest BCUT2D eigenvalue weighted by molar-refractivity contribution is 0.0945. The molecule has 27 heavy (non-hydrogen) atoms. The van der Waals surface area contributed by atoms with E-state index in [1.165, 1.54) is 17.3 Å². The van der Waals surface area contributed by atoms with Crippen LogP contribution in [0.4, 0.5) is 11.5 Å². The maximum atomic E-state index is 12.2. The van der Waals surface area contributed by atoms with Crippen LogP contribution in [0, 0.1) is 6.92 Å². The molecule has 0 fully saturated rings. The van der Waals surface area contributed by atoms with Crippen LogP contribution in [0.25, 0.3) is 0 Å². The van der Waals surface area contributed by atoms with Crippen molar-refractivity contribution in [3.05, 3.63) is 83.3 Å². The second kappa shape index (κ2) is 8.45. The van der Waals surface area contributed by atoms with Gasteiger partial charge < -0.3 is 10.6 Å². The Kier molecular flexibility index (Phi) is 5.81. The maximum absolute atomic E-state index is 12.2. The van der Waals surface area contributed by atoms with E-state index in [1.54, 1.807) is 6.20 Å². The van der Waals surface area contributed by atoms with Crippen LogP contribution in [0.2, 0.25) is 0 Å². The predicted molar refractivity (Wildman–Crippen MR) is 108 cm³/mol. The molecule has 0 spiro atoms. The molecule has 0 bridgehead atoms. The summed E-state index contributed by atoms with van der Waals surface area (Å²) >= 11 is 0. The van der Waals surface area contributed by atoms with Crippen LogP contribution in [0.5, 0.6) is 0 Å². The van der Waals surface area contributed by atoms with Gasteiger partial charge in [-0.25, -0.2) is 9.97 Å². The number of carbonyl (C=O) groups excluding carboxylic acids is 1. The number of aromatic nitrogens is 2. The first kappa shape index (κ1) is 18.6. The molecule has 3 rings (SSSR count). The van der Waals surface area contributed by atoms with Gasteiger partial charge in [-0.2, -0.15) is 0 Å². The largest absolute Gasteiger partial charge is 0.347 e. The summed E-state index contributed by atoms with van der Waals surface area (Å²) in [7, 11) is 0. The Morgan fingerprint density at radius 1 is 1.04 bits per heavy atom. The molecule has 1 amide bonds. The number of rotatable bonds is 6. The Morgan fingerprint density at radius 2 is 1.81 bits per heavy atom. The standard InChI is InChI=1S/C22H24N4O/c1-15(2)18-7-9-19(10-8-18)26-21-14-23-20(13-24-21)22(27)25-12-17-6-4-5-16(3)11-17/h4-11,13-15H,12H2,1-3H3,(H,24,26)(H,25,27). The minimum Gasteiger partial charge on any atom is -0.347 e. The fourth-order valence-corrected chi connectivity index (χ4v) is 2.70. The Morgan fingerprint density at radius 3 is 2.44 bits per heavy atom. The van der Waals surface area contributed by atoms with Gasteiger partial charge in [0.1, 0.15) is 11.5 Å². The van der Waals surface area contributed by atoms with E-state index >= 15 is 0 Å². The van der Waals surface area contributed by atoms with Crippen molar-refractivity contribution in [2.24, 2.45) is 0 Å². The SMILES string of the molecule is Cc1cccc(CNC(=O)c2cnc(Nc3ccc(C(C)C)cc3)cn2)c1. The molecule has 2 aromatic carbocycles. The first-order valence-electron chi connectivity index (χ1n) is 9.04. The van der Waals surface area contributed by atoms with Gasteiger partial charge in [-0.05, 0) is 36.1 Å². The van der Waals surface area contributed by atoms with Crippen molar-refractivity contribution in [1.82, 2.24) is 15.3 Å². The summed E-state index contributed by atoms with van der Waals surface area (Å²) in [6.45, 7) is 6.82. The van der Waals surface area contributed by atoms with E-state index in [1.807, 2.05) is 43.3 Å². The van der Waals surface area contributed by atoms with Crippen LogP contribution in [0.1, 0.15) is 46.9 Å². The Hall–Kier alpha value is -3.21. The van der Waals surface area contributed by atoms with Crippen molar-refractivity contribution < 1.29 is 4.79 Å². The second-order valence-electron chi connectivity index (χ2n) is 6.86. The van der Waals surface area contributed by atoms with Crippen LogP contribution >= 0.6 is 0 Å². The third-order valence-corrected chi connectivity index (χ3v) is 4.27. The van der Waals surface area contributed by atoms with Gasteiger partial charge in [0.15, 0.2) is 0 Å². The molecule has 0 atom stereocenters. The van der Waals surface area contributed by atoms with Crippen molar-refractivity contribution in [3.63, 3.8) is 0 Å². The molecule has 2 N–H and O–H groups in total. The smallest absolute Gasteiger partial charge is 0.271 e. The fraction of sp³-hybridized carbons (Fsp3) is 0.227. The number of amides is 1. The van der Waals surface area contributed by atoms with E-state index in [4.69, 9.17) is 0 Å². The van der Waals surface area contributed by atoms with E-state index in [2.05, 4.69) is 46.6 Å². The Balaban J connectivity index is 1.58. The van der Waals surface area contributed by atoms with Crippen LogP contribution in [-0.2, 0) is 6.54 Å². The van der Waals surface area contributed by atoms with Gasteiger partial charge in [0.2, 0.25) is 0 Å². The van der Waals surface area contributed by atoms with E-state index in [-0.39, 0.29) is 5.91 Å². The van der Waals surface area contributed by atoms with Crippen LogP contribution < -0.4 is 10.6 Å². The number of hydrogen-bond acceptors (Lipinski definition) is 4. The predicted octanol–water partition coefficient (Wildman–Crippen LogP) is 4.58. The Bertz CT molecular complexity index is 902. The lowest BCUT2D eigenvalue weighted by Crippen LogP contribution is -2.24. The zero-order valence-corrected chi connectivity index (χ0v) is 15.9. The molecule has 0 radical (unpaired) electrons. The quantitative estimate of drug-likeness (QED) is 0.675. The van der Waals surface area contributed by atoms with Crippen LogP contribution in [0.3, 0.4) is 0 Å². The molecule has 1 aromatic heterocycles. The number of hydrogen-bond donors (Lipinski definition) is 2. The minimum atomic E-state index is -0.239. The van der Waals surface area contributed by atoms with Gasteiger partial charge in [0, 0.05) is 12.2 Å². The van der Waals surface area contributed by atoms with E-state index in [0.717, 1.165) is 11.3 Å². The molecule has 3 aromatic rings. The molecule has 0 aliphatic rings. The maximum Gasteiger partial charge on any atom is 0.271 e. The zero-order chi connectivity index (χ0) is 19.2. The summed E-state index contributed by atoms with van der Waals surface area (Å²) in [6.07, 6.45) is 3.05. The van der Waals surface area contributed by atoms with Crippen molar-refractivity contribution in [1.29, 1.82) is 0 Å². The van der Waals surface area contributed by atoms with E-state index in [9.17, 15) is 4.79 Å². The summed E-state index contributed by atoms with van der Waals surface area (Å²) in [5.41, 5.74) is 4.74. The lowest BCUT2D eigenvalue weighted by atomic mass is 10.0. The topological polar surface area (TPSA) is 66.9 Å². The highest BCUT2D eigenvalue weighted by Gasteiger charge is 2.08. The van der Waals surface area contributed by atoms with Gasteiger partial charge in [0.25, 0.3) is 5.91 Å². The highest BCUT2D eigenvalue weighted by molar-refractivity contribution is 5.92. The van der Waals surface area contributed by atoms with Gasteiger partial charge in [-0.3, -0.25) is 4.79 Å². The van der Waals surface area contributed by atoms with Crippen LogP contribution in [-0.4, -0.2) is 15.9 Å². The monoisotopic (exact) mass is 360 g/mol. The summed E-state index contributed by atoms with van der Waals surface area (Å²) in [4.78, 5) is 20.7. The third-order valence-electron chi connectivity index (χ3n) is 4.27. The van der Waals surface area contributed by atoms with E-state index in [0.29, 0.717) is 24.0 Å². The molecule has 138 valence electrons. The minimum absolute atomic E-state index is 0.239. The molecular formula is C22H24N4O. The van der Waals surface area contributed by atoms with Gasteiger partial charge in [0.05, 0.1) is 12.4 Å². The first-order valence-corrected chi connectivity index (χ1v) is 9.04. The average molecular weight is 360 g/mol. The van der Waals surface area contributed by atoms with E-state index < -0.39 is 0 Å². The molecule has 5 nitrogen and oxygen atoms in total. The Labute approximate surface area is 159 Å². The molecule has 0 saturated heterocycles. The van der Waals surface area contributed by atoms with Crippen molar-refractivity contribution in [2.45, 2.75) is 33.2 Å². The number of aryl methyl sites for hydroxylation is 1. The number of benzene rings is 2. The van der Waals surface area contributed by atoms with Gasteiger partial charge in [-0.1, -0.05) is 55.8 Å². The normalized spacial score (nSPS) is 10.7. The third kappa shape index (κ3) is 5.14. The fourth-order valence-electron chi connectivity index (χ4n) is 2.70. The number of carbonyl (C=O) groups is 1. The molecule has 0 aliphatic heterocycles. The first-order chi connectivity index (χ1) is 13.0. The van der Waals surface area contributed by atoms with Gasteiger partial charge >= 0.3 is 0 Å².